The lowest BCUT2D eigenvalue weighted by Crippen LogP contribution is -2.14. The first kappa shape index (κ1) is 23.6. The Balaban J connectivity index is 1.48. The predicted octanol–water partition coefficient (Wildman–Crippen LogP) is 5.87. The molecule has 6 nitrogen and oxygen atoms in total. The highest BCUT2D eigenvalue weighted by atomic mass is 32.2. The number of thioether (sulfide) groups is 1. The molecule has 4 rings (SSSR count). The fourth-order valence-corrected chi connectivity index (χ4v) is 4.14. The summed E-state index contributed by atoms with van der Waals surface area (Å²) in [6.07, 6.45) is 0. The van der Waals surface area contributed by atoms with Crippen LogP contribution in [0, 0.1) is 0 Å². The first-order valence-corrected chi connectivity index (χ1v) is 12.1. The average molecular weight is 473 g/mol. The minimum Gasteiger partial charge on any atom is -0.486 e. The lowest BCUT2D eigenvalue weighted by Gasteiger charge is -2.19. The van der Waals surface area contributed by atoms with E-state index >= 15 is 0 Å². The van der Waals surface area contributed by atoms with E-state index < -0.39 is 0 Å². The molecular weight excluding hydrogens is 444 g/mol. The second-order valence-corrected chi connectivity index (χ2v) is 9.78. The van der Waals surface area contributed by atoms with E-state index in [1.165, 1.54) is 17.3 Å². The molecule has 0 saturated heterocycles. The summed E-state index contributed by atoms with van der Waals surface area (Å²) < 4.78 is 7.96. The normalized spacial score (nSPS) is 11.3. The van der Waals surface area contributed by atoms with Gasteiger partial charge >= 0.3 is 0 Å². The summed E-state index contributed by atoms with van der Waals surface area (Å²) in [5, 5.41) is 12.2. The molecule has 0 unspecified atom stereocenters. The van der Waals surface area contributed by atoms with E-state index in [-0.39, 0.29) is 23.7 Å². The van der Waals surface area contributed by atoms with Crippen LogP contribution in [0.4, 0.5) is 5.69 Å². The lowest BCUT2D eigenvalue weighted by atomic mass is 9.87. The van der Waals surface area contributed by atoms with Gasteiger partial charge in [-0.3, -0.25) is 9.36 Å². The van der Waals surface area contributed by atoms with Crippen LogP contribution in [0.2, 0.25) is 0 Å². The summed E-state index contributed by atoms with van der Waals surface area (Å²) in [4.78, 5) is 12.4. The molecular formula is C27H28N4O2S. The largest absolute Gasteiger partial charge is 0.486 e. The van der Waals surface area contributed by atoms with Crippen molar-refractivity contribution in [1.82, 2.24) is 14.8 Å². The second-order valence-electron chi connectivity index (χ2n) is 8.84. The van der Waals surface area contributed by atoms with Gasteiger partial charge in [-0.1, -0.05) is 81.1 Å². The SMILES string of the molecule is CC(C)(C)c1ccc(OCc2nnc(SCC(=O)Nc3ccccc3)n2-c2ccccc2)cc1. The van der Waals surface area contributed by atoms with Gasteiger partial charge in [0.1, 0.15) is 12.4 Å². The molecule has 34 heavy (non-hydrogen) atoms. The van der Waals surface area contributed by atoms with Crippen molar-refractivity contribution in [3.63, 3.8) is 0 Å². The number of hydrogen-bond donors (Lipinski definition) is 1. The van der Waals surface area contributed by atoms with Crippen LogP contribution in [0.25, 0.3) is 5.69 Å². The number of aromatic nitrogens is 3. The van der Waals surface area contributed by atoms with Crippen molar-refractivity contribution in [3.8, 4) is 11.4 Å². The van der Waals surface area contributed by atoms with Gasteiger partial charge in [0, 0.05) is 11.4 Å². The summed E-state index contributed by atoms with van der Waals surface area (Å²) in [6.45, 7) is 6.81. The summed E-state index contributed by atoms with van der Waals surface area (Å²) in [5.41, 5.74) is 3.02. The van der Waals surface area contributed by atoms with Crippen LogP contribution in [0.1, 0.15) is 32.2 Å². The van der Waals surface area contributed by atoms with Crippen molar-refractivity contribution >= 4 is 23.4 Å². The maximum atomic E-state index is 12.4. The Morgan fingerprint density at radius 2 is 1.56 bits per heavy atom. The first-order chi connectivity index (χ1) is 16.4. The molecule has 0 aliphatic heterocycles. The number of para-hydroxylation sites is 2. The molecule has 1 amide bonds. The highest BCUT2D eigenvalue weighted by Crippen LogP contribution is 2.26. The Bertz CT molecular complexity index is 1220. The van der Waals surface area contributed by atoms with E-state index in [0.29, 0.717) is 11.0 Å². The Labute approximate surface area is 204 Å². The fourth-order valence-electron chi connectivity index (χ4n) is 3.37. The van der Waals surface area contributed by atoms with E-state index in [0.717, 1.165) is 17.1 Å². The molecule has 0 aliphatic rings. The van der Waals surface area contributed by atoms with Crippen molar-refractivity contribution < 1.29 is 9.53 Å². The average Bonchev–Trinajstić information content (AvgIpc) is 3.25. The Hall–Kier alpha value is -3.58. The van der Waals surface area contributed by atoms with Gasteiger partial charge in [-0.2, -0.15) is 0 Å². The number of anilines is 1. The smallest absolute Gasteiger partial charge is 0.234 e. The molecule has 0 saturated carbocycles. The third-order valence-corrected chi connectivity index (χ3v) is 6.12. The van der Waals surface area contributed by atoms with Gasteiger partial charge in [0.05, 0.1) is 5.75 Å². The summed E-state index contributed by atoms with van der Waals surface area (Å²) in [7, 11) is 0. The maximum Gasteiger partial charge on any atom is 0.234 e. The number of carbonyl (C=O) groups excluding carboxylic acids is 1. The van der Waals surface area contributed by atoms with E-state index in [4.69, 9.17) is 4.74 Å². The topological polar surface area (TPSA) is 69.0 Å². The molecule has 1 N–H and O–H groups in total. The quantitative estimate of drug-likeness (QED) is 0.325. The van der Waals surface area contributed by atoms with Crippen LogP contribution in [0.15, 0.2) is 90.1 Å². The molecule has 0 aliphatic carbocycles. The second kappa shape index (κ2) is 10.6. The standard InChI is InChI=1S/C27H28N4O2S/c1-27(2,3)20-14-16-23(17-15-20)33-18-24-29-30-26(31(24)22-12-8-5-9-13-22)34-19-25(32)28-21-10-6-4-7-11-21/h4-17H,18-19H2,1-3H3,(H,28,32). The third kappa shape index (κ3) is 6.05. The van der Waals surface area contributed by atoms with Crippen LogP contribution in [0.3, 0.4) is 0 Å². The molecule has 1 heterocycles. The maximum absolute atomic E-state index is 12.4. The van der Waals surface area contributed by atoms with Crippen molar-refractivity contribution in [3.05, 3.63) is 96.3 Å². The Kier molecular flexibility index (Phi) is 7.33. The fraction of sp³-hybridized carbons (Fsp3) is 0.222. The van der Waals surface area contributed by atoms with Crippen LogP contribution >= 0.6 is 11.8 Å². The minimum absolute atomic E-state index is 0.0882. The highest BCUT2D eigenvalue weighted by Gasteiger charge is 2.17. The zero-order valence-electron chi connectivity index (χ0n) is 19.6. The number of carbonyl (C=O) groups is 1. The molecule has 174 valence electrons. The van der Waals surface area contributed by atoms with E-state index in [9.17, 15) is 4.79 Å². The van der Waals surface area contributed by atoms with Gasteiger partial charge in [0.25, 0.3) is 0 Å². The third-order valence-electron chi connectivity index (χ3n) is 5.19. The molecule has 3 aromatic carbocycles. The van der Waals surface area contributed by atoms with Crippen LogP contribution < -0.4 is 10.1 Å². The molecule has 0 radical (unpaired) electrons. The van der Waals surface area contributed by atoms with E-state index in [1.54, 1.807) is 0 Å². The summed E-state index contributed by atoms with van der Waals surface area (Å²) in [5.74, 6) is 1.55. The van der Waals surface area contributed by atoms with Crippen LogP contribution in [-0.2, 0) is 16.8 Å². The summed E-state index contributed by atoms with van der Waals surface area (Å²) in [6, 6.07) is 27.4. The number of ether oxygens (including phenoxy) is 1. The van der Waals surface area contributed by atoms with Crippen LogP contribution in [0.5, 0.6) is 5.75 Å². The van der Waals surface area contributed by atoms with Gasteiger partial charge in [0.2, 0.25) is 5.91 Å². The number of amides is 1. The van der Waals surface area contributed by atoms with E-state index in [1.807, 2.05) is 77.4 Å². The number of benzene rings is 3. The Morgan fingerprint density at radius 1 is 0.912 bits per heavy atom. The molecule has 0 atom stereocenters. The zero-order valence-corrected chi connectivity index (χ0v) is 20.4. The number of nitrogens with zero attached hydrogens (tertiary/aromatic N) is 3. The molecule has 1 aromatic heterocycles. The van der Waals surface area contributed by atoms with Crippen LogP contribution in [-0.4, -0.2) is 26.4 Å². The van der Waals surface area contributed by atoms with Crippen molar-refractivity contribution in [2.75, 3.05) is 11.1 Å². The monoisotopic (exact) mass is 472 g/mol. The molecule has 4 aromatic rings. The van der Waals surface area contributed by atoms with Gasteiger partial charge in [-0.05, 0) is 47.4 Å². The Morgan fingerprint density at radius 3 is 2.21 bits per heavy atom. The van der Waals surface area contributed by atoms with Crippen molar-refractivity contribution in [2.24, 2.45) is 0 Å². The molecule has 0 spiro atoms. The highest BCUT2D eigenvalue weighted by molar-refractivity contribution is 7.99. The van der Waals surface area contributed by atoms with Gasteiger partial charge in [-0.15, -0.1) is 10.2 Å². The summed E-state index contributed by atoms with van der Waals surface area (Å²) >= 11 is 1.34. The molecule has 0 fully saturated rings. The van der Waals surface area contributed by atoms with Gasteiger partial charge in [0.15, 0.2) is 11.0 Å². The van der Waals surface area contributed by atoms with Crippen molar-refractivity contribution in [2.45, 2.75) is 37.9 Å². The predicted molar refractivity (Wildman–Crippen MR) is 137 cm³/mol. The van der Waals surface area contributed by atoms with Crippen molar-refractivity contribution in [1.29, 1.82) is 0 Å². The first-order valence-electron chi connectivity index (χ1n) is 11.1. The van der Waals surface area contributed by atoms with Gasteiger partial charge < -0.3 is 10.1 Å². The zero-order chi connectivity index (χ0) is 24.0. The molecule has 7 heteroatoms. The molecule has 0 bridgehead atoms. The lowest BCUT2D eigenvalue weighted by molar-refractivity contribution is -0.113. The number of hydrogen-bond acceptors (Lipinski definition) is 5. The number of nitrogens with one attached hydrogen (secondary N) is 1. The minimum atomic E-state index is -0.101. The van der Waals surface area contributed by atoms with Gasteiger partial charge in [-0.25, -0.2) is 0 Å². The number of rotatable bonds is 8. The van der Waals surface area contributed by atoms with E-state index in [2.05, 4.69) is 48.4 Å².